The van der Waals surface area contributed by atoms with Crippen molar-refractivity contribution in [3.8, 4) is 0 Å². The maximum Gasteiger partial charge on any atom is 0.411 e. The van der Waals surface area contributed by atoms with Crippen LogP contribution in [0.2, 0.25) is 0 Å². The minimum atomic E-state index is -4.24. The summed E-state index contributed by atoms with van der Waals surface area (Å²) < 4.78 is 41.9. The zero-order chi connectivity index (χ0) is 13.6. The number of nitrogens with one attached hydrogen (secondary N) is 1. The van der Waals surface area contributed by atoms with Gasteiger partial charge in [-0.25, -0.2) is 0 Å². The van der Waals surface area contributed by atoms with Gasteiger partial charge in [0.25, 0.3) is 0 Å². The molecule has 0 saturated carbocycles. The van der Waals surface area contributed by atoms with Gasteiger partial charge in [-0.15, -0.1) is 0 Å². The Labute approximate surface area is 126 Å². The van der Waals surface area contributed by atoms with Crippen LogP contribution in [-0.4, -0.2) is 25.9 Å². The molecule has 1 rings (SSSR count). The van der Waals surface area contributed by atoms with Crippen molar-refractivity contribution in [2.24, 2.45) is 0 Å². The summed E-state index contributed by atoms with van der Waals surface area (Å²) in [7, 11) is 0. The zero-order valence-electron chi connectivity index (χ0n) is 9.36. The topological polar surface area (TPSA) is 21.3 Å². The Bertz CT molecular complexity index is 387. The van der Waals surface area contributed by atoms with Crippen LogP contribution < -0.4 is 5.32 Å². The van der Waals surface area contributed by atoms with Crippen molar-refractivity contribution in [1.82, 2.24) is 0 Å². The van der Waals surface area contributed by atoms with Gasteiger partial charge >= 0.3 is 6.18 Å². The lowest BCUT2D eigenvalue weighted by molar-refractivity contribution is -0.173. The fraction of sp³-hybridized carbons (Fsp3) is 0.455. The fourth-order valence-corrected chi connectivity index (χ4v) is 2.10. The molecule has 1 aromatic rings. The minimum Gasteiger partial charge on any atom is -0.384 e. The number of rotatable bonds is 6. The number of hydrogen-bond donors (Lipinski definition) is 1. The molecular weight excluding hydrogens is 426 g/mol. The molecule has 0 amide bonds. The molecule has 102 valence electrons. The summed E-state index contributed by atoms with van der Waals surface area (Å²) in [5, 5.41) is 3.14. The van der Waals surface area contributed by atoms with E-state index in [1.54, 1.807) is 0 Å². The molecule has 0 unspecified atom stereocenters. The summed E-state index contributed by atoms with van der Waals surface area (Å²) in [5.74, 6) is 0. The highest BCUT2D eigenvalue weighted by atomic mass is 127. The van der Waals surface area contributed by atoms with Gasteiger partial charge in [-0.1, -0.05) is 0 Å². The van der Waals surface area contributed by atoms with Crippen molar-refractivity contribution in [2.45, 2.75) is 12.6 Å². The van der Waals surface area contributed by atoms with E-state index in [0.29, 0.717) is 13.0 Å². The van der Waals surface area contributed by atoms with Gasteiger partial charge in [0, 0.05) is 26.9 Å². The van der Waals surface area contributed by atoms with Gasteiger partial charge in [-0.2, -0.15) is 13.2 Å². The second kappa shape index (κ2) is 7.54. The quantitative estimate of drug-likeness (QED) is 0.525. The standard InChI is InChI=1S/C11H12BrF3INO/c12-9-3-2-8(16)6-10(9)17-4-1-5-18-7-11(13,14)15/h2-3,6,17H,1,4-5,7H2. The summed E-state index contributed by atoms with van der Waals surface area (Å²) in [6, 6.07) is 5.84. The predicted octanol–water partition coefficient (Wildman–Crippen LogP) is 4.43. The minimum absolute atomic E-state index is 0.0913. The molecule has 0 atom stereocenters. The normalized spacial score (nSPS) is 11.6. The second-order valence-electron chi connectivity index (χ2n) is 3.57. The summed E-state index contributed by atoms with van der Waals surface area (Å²) in [6.07, 6.45) is -3.72. The highest BCUT2D eigenvalue weighted by Crippen LogP contribution is 2.24. The van der Waals surface area contributed by atoms with E-state index in [-0.39, 0.29) is 6.61 Å². The third-order valence-corrected chi connectivity index (χ3v) is 3.34. The zero-order valence-corrected chi connectivity index (χ0v) is 13.1. The molecule has 0 heterocycles. The summed E-state index contributed by atoms with van der Waals surface area (Å²) in [4.78, 5) is 0. The molecular formula is C11H12BrF3INO. The first-order chi connectivity index (χ1) is 8.38. The molecule has 0 fully saturated rings. The molecule has 0 spiro atoms. The molecule has 0 aliphatic rings. The molecule has 0 aliphatic heterocycles. The Morgan fingerprint density at radius 3 is 2.72 bits per heavy atom. The lowest BCUT2D eigenvalue weighted by Crippen LogP contribution is -2.18. The van der Waals surface area contributed by atoms with Crippen LogP contribution in [0.25, 0.3) is 0 Å². The van der Waals surface area contributed by atoms with Gasteiger partial charge in [-0.05, 0) is 63.1 Å². The van der Waals surface area contributed by atoms with Crippen LogP contribution in [0.1, 0.15) is 6.42 Å². The number of benzene rings is 1. The Morgan fingerprint density at radius 1 is 1.33 bits per heavy atom. The van der Waals surface area contributed by atoms with Gasteiger partial charge < -0.3 is 10.1 Å². The van der Waals surface area contributed by atoms with Gasteiger partial charge in [-0.3, -0.25) is 0 Å². The third-order valence-electron chi connectivity index (χ3n) is 1.98. The Morgan fingerprint density at radius 2 is 2.06 bits per heavy atom. The average Bonchev–Trinajstić information content (AvgIpc) is 2.26. The van der Waals surface area contributed by atoms with Crippen LogP contribution in [0, 0.1) is 3.57 Å². The molecule has 0 saturated heterocycles. The Balaban J connectivity index is 2.20. The number of halogens is 5. The van der Waals surface area contributed by atoms with Crippen LogP contribution in [0.4, 0.5) is 18.9 Å². The SMILES string of the molecule is FC(F)(F)COCCCNc1cc(I)ccc1Br. The molecule has 0 aliphatic carbocycles. The van der Waals surface area contributed by atoms with Crippen LogP contribution in [0.3, 0.4) is 0 Å². The highest BCUT2D eigenvalue weighted by Gasteiger charge is 2.27. The first-order valence-corrected chi connectivity index (χ1v) is 7.09. The van der Waals surface area contributed by atoms with E-state index in [9.17, 15) is 13.2 Å². The van der Waals surface area contributed by atoms with Crippen LogP contribution in [-0.2, 0) is 4.74 Å². The lowest BCUT2D eigenvalue weighted by Gasteiger charge is -2.10. The van der Waals surface area contributed by atoms with Crippen molar-refractivity contribution in [2.75, 3.05) is 25.1 Å². The van der Waals surface area contributed by atoms with Gasteiger partial charge in [0.2, 0.25) is 0 Å². The molecule has 0 bridgehead atoms. The van der Waals surface area contributed by atoms with Gasteiger partial charge in [0.1, 0.15) is 6.61 Å². The second-order valence-corrected chi connectivity index (χ2v) is 5.67. The van der Waals surface area contributed by atoms with Crippen molar-refractivity contribution >= 4 is 44.2 Å². The largest absolute Gasteiger partial charge is 0.411 e. The van der Waals surface area contributed by atoms with E-state index in [1.165, 1.54) is 0 Å². The van der Waals surface area contributed by atoms with E-state index in [4.69, 9.17) is 0 Å². The number of ether oxygens (including phenoxy) is 1. The molecule has 1 aromatic carbocycles. The first kappa shape index (κ1) is 16.0. The van der Waals surface area contributed by atoms with Crippen LogP contribution in [0.15, 0.2) is 22.7 Å². The molecule has 1 N–H and O–H groups in total. The van der Waals surface area contributed by atoms with Crippen molar-refractivity contribution in [3.63, 3.8) is 0 Å². The first-order valence-electron chi connectivity index (χ1n) is 5.22. The molecule has 0 aromatic heterocycles. The summed E-state index contributed by atoms with van der Waals surface area (Å²) in [6.45, 7) is -0.523. The van der Waals surface area contributed by atoms with E-state index >= 15 is 0 Å². The van der Waals surface area contributed by atoms with Crippen LogP contribution in [0.5, 0.6) is 0 Å². The van der Waals surface area contributed by atoms with Crippen molar-refractivity contribution in [3.05, 3.63) is 26.2 Å². The van der Waals surface area contributed by atoms with Gasteiger partial charge in [0.15, 0.2) is 0 Å². The maximum atomic E-state index is 11.8. The maximum absolute atomic E-state index is 11.8. The summed E-state index contributed by atoms with van der Waals surface area (Å²) in [5.41, 5.74) is 0.928. The monoisotopic (exact) mass is 437 g/mol. The van der Waals surface area contributed by atoms with E-state index in [2.05, 4.69) is 48.6 Å². The third kappa shape index (κ3) is 6.79. The highest BCUT2D eigenvalue weighted by molar-refractivity contribution is 14.1. The smallest absolute Gasteiger partial charge is 0.384 e. The predicted molar refractivity (Wildman–Crippen MR) is 76.8 cm³/mol. The van der Waals surface area contributed by atoms with Crippen LogP contribution >= 0.6 is 38.5 Å². The number of anilines is 1. The number of hydrogen-bond acceptors (Lipinski definition) is 2. The van der Waals surface area contributed by atoms with E-state index < -0.39 is 12.8 Å². The van der Waals surface area contributed by atoms with E-state index in [0.717, 1.165) is 13.7 Å². The molecule has 2 nitrogen and oxygen atoms in total. The molecule has 18 heavy (non-hydrogen) atoms. The average molecular weight is 438 g/mol. The van der Waals surface area contributed by atoms with Gasteiger partial charge in [0.05, 0.1) is 0 Å². The summed E-state index contributed by atoms with van der Waals surface area (Å²) >= 11 is 5.59. The Hall–Kier alpha value is -0.0200. The van der Waals surface area contributed by atoms with E-state index in [1.807, 2.05) is 18.2 Å². The number of alkyl halides is 3. The molecule has 0 radical (unpaired) electrons. The fourth-order valence-electron chi connectivity index (χ4n) is 1.22. The molecule has 7 heteroatoms. The van der Waals surface area contributed by atoms with Crippen molar-refractivity contribution < 1.29 is 17.9 Å². The van der Waals surface area contributed by atoms with Crippen molar-refractivity contribution in [1.29, 1.82) is 0 Å². The lowest BCUT2D eigenvalue weighted by atomic mass is 10.3. The Kier molecular flexibility index (Phi) is 6.72.